The van der Waals surface area contributed by atoms with Gasteiger partial charge in [0.2, 0.25) is 0 Å². The molecule has 0 radical (unpaired) electrons. The summed E-state index contributed by atoms with van der Waals surface area (Å²) in [5.41, 5.74) is -1.90. The summed E-state index contributed by atoms with van der Waals surface area (Å²) in [4.78, 5) is 52.4. The fourth-order valence-corrected chi connectivity index (χ4v) is 4.63. The van der Waals surface area contributed by atoms with Crippen LogP contribution < -0.4 is 10.9 Å². The van der Waals surface area contributed by atoms with Crippen LogP contribution in [-0.2, 0) is 27.4 Å². The molecule has 2 aromatic carbocycles. The van der Waals surface area contributed by atoms with E-state index in [2.05, 4.69) is 5.32 Å². The van der Waals surface area contributed by atoms with Crippen LogP contribution in [-0.4, -0.2) is 92.3 Å². The van der Waals surface area contributed by atoms with E-state index in [9.17, 15) is 49.1 Å². The van der Waals surface area contributed by atoms with Crippen molar-refractivity contribution < 1.29 is 54.3 Å². The van der Waals surface area contributed by atoms with Gasteiger partial charge in [0, 0.05) is 44.3 Å². The summed E-state index contributed by atoms with van der Waals surface area (Å²) in [6, 6.07) is 11.0. The molecule has 262 valence electrons. The SMILES string of the molecule is Cc1c(C(=O)N(C)CCN(C)C)cc(C(=O)NCc2ccc(S(C)(=O)=O)cc2)c(=O)n1-c1cccc(C(F)(F)F)c1.O=C(O)C(F)(F)F. The van der Waals surface area contributed by atoms with E-state index >= 15 is 0 Å². The monoisotopic (exact) mass is 706 g/mol. The number of rotatable bonds is 9. The van der Waals surface area contributed by atoms with Crippen LogP contribution in [0.5, 0.6) is 0 Å². The van der Waals surface area contributed by atoms with Crippen molar-refractivity contribution in [2.24, 2.45) is 0 Å². The molecule has 3 aromatic rings. The minimum atomic E-state index is -5.08. The second kappa shape index (κ2) is 15.5. The fraction of sp³-hybridized carbons (Fsp3) is 0.333. The Kier molecular flexibility index (Phi) is 12.7. The Morgan fingerprint density at radius 1 is 0.896 bits per heavy atom. The Bertz CT molecular complexity index is 1820. The molecule has 2 N–H and O–H groups in total. The Morgan fingerprint density at radius 2 is 1.46 bits per heavy atom. The van der Waals surface area contributed by atoms with Crippen molar-refractivity contribution in [2.45, 2.75) is 30.7 Å². The van der Waals surface area contributed by atoms with Crippen molar-refractivity contribution in [3.8, 4) is 5.69 Å². The number of hydrogen-bond acceptors (Lipinski definition) is 7. The minimum absolute atomic E-state index is 0.0223. The molecule has 18 heteroatoms. The van der Waals surface area contributed by atoms with E-state index in [-0.39, 0.29) is 28.4 Å². The molecule has 0 aliphatic rings. The number of aromatic nitrogens is 1. The van der Waals surface area contributed by atoms with Gasteiger partial charge in [-0.1, -0.05) is 18.2 Å². The molecule has 2 amide bonds. The van der Waals surface area contributed by atoms with E-state index < -0.39 is 56.7 Å². The second-order valence-electron chi connectivity index (χ2n) is 10.7. The molecule has 0 saturated heterocycles. The van der Waals surface area contributed by atoms with Gasteiger partial charge < -0.3 is 20.2 Å². The molecule has 1 heterocycles. The molecule has 0 aliphatic heterocycles. The number of amides is 2. The molecule has 0 bridgehead atoms. The molecule has 0 aliphatic carbocycles. The van der Waals surface area contributed by atoms with Crippen LogP contribution in [0, 0.1) is 6.92 Å². The average molecular weight is 707 g/mol. The lowest BCUT2D eigenvalue weighted by molar-refractivity contribution is -0.192. The van der Waals surface area contributed by atoms with Gasteiger partial charge in [-0.25, -0.2) is 13.2 Å². The van der Waals surface area contributed by atoms with Crippen LogP contribution in [0.3, 0.4) is 0 Å². The molecule has 1 aromatic heterocycles. The number of carbonyl (C=O) groups is 3. The zero-order valence-electron chi connectivity index (χ0n) is 26.2. The van der Waals surface area contributed by atoms with Gasteiger partial charge in [-0.3, -0.25) is 19.0 Å². The first kappa shape index (κ1) is 39.5. The highest BCUT2D eigenvalue weighted by Gasteiger charge is 2.38. The van der Waals surface area contributed by atoms with Crippen molar-refractivity contribution in [1.29, 1.82) is 0 Å². The standard InChI is InChI=1S/C28H31F3N4O5S.C2HF3O2/c1-18-23(26(37)34(4)14-13-33(2)3)16-24(25(36)32-17-19-9-11-22(12-10-19)41(5,39)40)27(38)35(18)21-8-6-7-20(15-21)28(29,30)31;3-2(4,5)1(6)7/h6-12,15-16H,13-14,17H2,1-5H3,(H,32,36);(H,6,7). The van der Waals surface area contributed by atoms with Crippen molar-refractivity contribution in [2.75, 3.05) is 40.5 Å². The Labute approximate surface area is 271 Å². The molecular formula is C30H32F6N4O7S. The third-order valence-corrected chi connectivity index (χ3v) is 7.76. The molecule has 0 unspecified atom stereocenters. The van der Waals surface area contributed by atoms with Crippen molar-refractivity contribution in [3.05, 3.63) is 92.9 Å². The largest absolute Gasteiger partial charge is 0.490 e. The van der Waals surface area contributed by atoms with Gasteiger partial charge in [-0.15, -0.1) is 0 Å². The highest BCUT2D eigenvalue weighted by atomic mass is 32.2. The summed E-state index contributed by atoms with van der Waals surface area (Å²) in [6.07, 6.45) is -8.70. The summed E-state index contributed by atoms with van der Waals surface area (Å²) in [6.45, 7) is 2.20. The third kappa shape index (κ3) is 10.7. The second-order valence-corrected chi connectivity index (χ2v) is 12.7. The van der Waals surface area contributed by atoms with Gasteiger partial charge in [0.05, 0.1) is 16.0 Å². The molecule has 11 nitrogen and oxygen atoms in total. The number of alkyl halides is 6. The van der Waals surface area contributed by atoms with Crippen molar-refractivity contribution in [1.82, 2.24) is 19.7 Å². The molecule has 0 fully saturated rings. The number of pyridine rings is 1. The normalized spacial score (nSPS) is 11.8. The van der Waals surface area contributed by atoms with Crippen LogP contribution in [0.25, 0.3) is 5.69 Å². The smallest absolute Gasteiger partial charge is 0.475 e. The van der Waals surface area contributed by atoms with Crippen molar-refractivity contribution in [3.63, 3.8) is 0 Å². The highest BCUT2D eigenvalue weighted by molar-refractivity contribution is 7.90. The van der Waals surface area contributed by atoms with E-state index in [1.165, 1.54) is 42.2 Å². The molecule has 48 heavy (non-hydrogen) atoms. The number of hydrogen-bond donors (Lipinski definition) is 2. The summed E-state index contributed by atoms with van der Waals surface area (Å²) in [7, 11) is 1.79. The minimum Gasteiger partial charge on any atom is -0.475 e. The number of halogens is 6. The number of likely N-dealkylation sites (N-methyl/N-ethyl adjacent to an activating group) is 2. The van der Waals surface area contributed by atoms with Gasteiger partial charge in [0.1, 0.15) is 5.56 Å². The maximum absolute atomic E-state index is 13.5. The van der Waals surface area contributed by atoms with Crippen LogP contribution in [0.2, 0.25) is 0 Å². The van der Waals surface area contributed by atoms with Crippen LogP contribution in [0.4, 0.5) is 26.3 Å². The number of carbonyl (C=O) groups excluding carboxylic acids is 2. The topological polar surface area (TPSA) is 146 Å². The van der Waals surface area contributed by atoms with E-state index in [0.717, 1.165) is 35.1 Å². The van der Waals surface area contributed by atoms with Gasteiger partial charge in [-0.05, 0) is 63.0 Å². The highest BCUT2D eigenvalue weighted by Crippen LogP contribution is 2.30. The maximum atomic E-state index is 13.5. The van der Waals surface area contributed by atoms with Gasteiger partial charge in [0.25, 0.3) is 17.4 Å². The van der Waals surface area contributed by atoms with Crippen LogP contribution in [0.15, 0.2) is 64.3 Å². The maximum Gasteiger partial charge on any atom is 0.490 e. The molecule has 3 rings (SSSR count). The van der Waals surface area contributed by atoms with E-state index in [1.807, 2.05) is 19.0 Å². The predicted molar refractivity (Wildman–Crippen MR) is 162 cm³/mol. The summed E-state index contributed by atoms with van der Waals surface area (Å²) >= 11 is 0. The number of nitrogens with one attached hydrogen (secondary N) is 1. The first-order chi connectivity index (χ1) is 21.9. The van der Waals surface area contributed by atoms with Gasteiger partial charge in [-0.2, -0.15) is 26.3 Å². The van der Waals surface area contributed by atoms with E-state index in [1.54, 1.807) is 7.05 Å². The number of carboxylic acid groups (broad SMARTS) is 1. The Morgan fingerprint density at radius 3 is 1.94 bits per heavy atom. The zero-order valence-corrected chi connectivity index (χ0v) is 27.0. The van der Waals surface area contributed by atoms with E-state index in [4.69, 9.17) is 9.90 Å². The summed E-state index contributed by atoms with van der Waals surface area (Å²) in [5.74, 6) is -4.13. The van der Waals surface area contributed by atoms with E-state index in [0.29, 0.717) is 18.7 Å². The fourth-order valence-electron chi connectivity index (χ4n) is 4.00. The summed E-state index contributed by atoms with van der Waals surface area (Å²) < 4.78 is 96.4. The molecular weight excluding hydrogens is 674 g/mol. The summed E-state index contributed by atoms with van der Waals surface area (Å²) in [5, 5.41) is 9.70. The predicted octanol–water partition coefficient (Wildman–Crippen LogP) is 3.77. The number of carboxylic acids is 1. The quantitative estimate of drug-likeness (QED) is 0.320. The molecule has 0 saturated carbocycles. The number of nitrogens with zero attached hydrogens (tertiary/aromatic N) is 3. The average Bonchev–Trinajstić information content (AvgIpc) is 2.97. The Hall–Kier alpha value is -4.71. The first-order valence-electron chi connectivity index (χ1n) is 13.7. The Balaban J connectivity index is 0.00000103. The lowest BCUT2D eigenvalue weighted by Gasteiger charge is -2.23. The lowest BCUT2D eigenvalue weighted by Crippen LogP contribution is -2.38. The van der Waals surface area contributed by atoms with Gasteiger partial charge in [0.15, 0.2) is 9.84 Å². The first-order valence-corrected chi connectivity index (χ1v) is 15.6. The third-order valence-electron chi connectivity index (χ3n) is 6.63. The van der Waals surface area contributed by atoms with Gasteiger partial charge >= 0.3 is 18.3 Å². The number of benzene rings is 2. The van der Waals surface area contributed by atoms with Crippen LogP contribution >= 0.6 is 0 Å². The lowest BCUT2D eigenvalue weighted by atomic mass is 10.1. The zero-order chi connectivity index (χ0) is 36.8. The van der Waals surface area contributed by atoms with Crippen molar-refractivity contribution >= 4 is 27.6 Å². The molecule has 0 atom stereocenters. The number of aliphatic carboxylic acids is 1. The van der Waals surface area contributed by atoms with Crippen LogP contribution in [0.1, 0.15) is 37.5 Å². The number of sulfone groups is 1. The molecule has 0 spiro atoms.